The molecule has 17 heavy (non-hydrogen) atoms. The van der Waals surface area contributed by atoms with Crippen LogP contribution in [0.3, 0.4) is 0 Å². The maximum Gasteiger partial charge on any atom is 0.322 e. The highest BCUT2D eigenvalue weighted by Crippen LogP contribution is 2.31. The highest BCUT2D eigenvalue weighted by atomic mass is 35.5. The molecule has 1 saturated carbocycles. The second-order valence-corrected chi connectivity index (χ2v) is 5.48. The zero-order chi connectivity index (χ0) is 12.3. The Morgan fingerprint density at radius 3 is 2.94 bits per heavy atom. The third kappa shape index (κ3) is 3.10. The monoisotopic (exact) mass is 276 g/mol. The van der Waals surface area contributed by atoms with Gasteiger partial charge in [0.2, 0.25) is 5.16 Å². The van der Waals surface area contributed by atoms with E-state index in [0.29, 0.717) is 11.2 Å². The number of nitrogens with zero attached hydrogens (tertiary/aromatic N) is 4. The van der Waals surface area contributed by atoms with E-state index in [4.69, 9.17) is 16.7 Å². The number of carbonyl (C=O) groups is 1. The molecule has 1 unspecified atom stereocenters. The van der Waals surface area contributed by atoms with E-state index in [-0.39, 0.29) is 5.75 Å². The van der Waals surface area contributed by atoms with Crippen LogP contribution in [-0.4, -0.2) is 42.4 Å². The lowest BCUT2D eigenvalue weighted by Crippen LogP contribution is -2.16. The van der Waals surface area contributed by atoms with E-state index in [1.807, 2.05) is 0 Å². The number of alkyl halides is 1. The summed E-state index contributed by atoms with van der Waals surface area (Å²) in [6, 6.07) is 0.353. The molecule has 1 aliphatic carbocycles. The molecule has 8 heteroatoms. The number of thioether (sulfide) groups is 1. The summed E-state index contributed by atoms with van der Waals surface area (Å²) in [6.07, 6.45) is 4.56. The molecule has 0 saturated heterocycles. The summed E-state index contributed by atoms with van der Waals surface area (Å²) in [5, 5.41) is 19.9. The molecule has 1 atom stereocenters. The highest BCUT2D eigenvalue weighted by molar-refractivity contribution is 7.99. The molecule has 2 rings (SSSR count). The summed E-state index contributed by atoms with van der Waals surface area (Å²) in [5.74, 6) is -0.747. The van der Waals surface area contributed by atoms with Gasteiger partial charge in [0.05, 0.1) is 6.04 Å². The van der Waals surface area contributed by atoms with Crippen LogP contribution in [0.1, 0.15) is 31.7 Å². The molecule has 0 aliphatic heterocycles. The molecule has 1 N–H and O–H groups in total. The third-order valence-electron chi connectivity index (χ3n) is 2.76. The lowest BCUT2D eigenvalue weighted by atomic mass is 10.3. The maximum atomic E-state index is 10.6. The number of hydrogen-bond acceptors (Lipinski definition) is 5. The Bertz CT molecular complexity index is 394. The zero-order valence-electron chi connectivity index (χ0n) is 9.12. The van der Waals surface area contributed by atoms with Crippen LogP contribution in [-0.2, 0) is 4.79 Å². The Morgan fingerprint density at radius 1 is 1.59 bits per heavy atom. The number of carboxylic acids is 1. The smallest absolute Gasteiger partial charge is 0.322 e. The molecule has 0 aromatic carbocycles. The Balaban J connectivity index is 1.96. The van der Waals surface area contributed by atoms with Crippen molar-refractivity contribution < 1.29 is 9.90 Å². The van der Waals surface area contributed by atoms with E-state index in [1.54, 1.807) is 4.68 Å². The predicted molar refractivity (Wildman–Crippen MR) is 63.3 cm³/mol. The van der Waals surface area contributed by atoms with Gasteiger partial charge in [0, 0.05) is 5.75 Å². The van der Waals surface area contributed by atoms with Crippen LogP contribution in [0.2, 0.25) is 0 Å². The average Bonchev–Trinajstić information content (AvgIpc) is 2.95. The van der Waals surface area contributed by atoms with Crippen LogP contribution in [0, 0.1) is 0 Å². The fourth-order valence-corrected chi connectivity index (χ4v) is 2.92. The van der Waals surface area contributed by atoms with Crippen molar-refractivity contribution in [3.8, 4) is 0 Å². The SMILES string of the molecule is O=C(O)C(Cl)CSc1nnnn1C1CCCC1. The molecule has 0 spiro atoms. The lowest BCUT2D eigenvalue weighted by Gasteiger charge is -2.10. The quantitative estimate of drug-likeness (QED) is 0.649. The van der Waals surface area contributed by atoms with Gasteiger partial charge >= 0.3 is 5.97 Å². The normalized spacial score (nSPS) is 18.4. The first-order chi connectivity index (χ1) is 8.18. The van der Waals surface area contributed by atoms with E-state index in [0.717, 1.165) is 12.8 Å². The standard InChI is InChI=1S/C9H13ClN4O2S/c10-7(8(15)16)5-17-9-11-12-13-14(9)6-3-1-2-4-6/h6-7H,1-5H2,(H,15,16). The van der Waals surface area contributed by atoms with Gasteiger partial charge < -0.3 is 5.11 Å². The van der Waals surface area contributed by atoms with Crippen LogP contribution in [0.25, 0.3) is 0 Å². The number of carboxylic acid groups (broad SMARTS) is 1. The molecule has 0 bridgehead atoms. The second-order valence-electron chi connectivity index (χ2n) is 3.96. The van der Waals surface area contributed by atoms with Gasteiger partial charge in [-0.05, 0) is 23.3 Å². The number of tetrazole rings is 1. The number of halogens is 1. The number of aliphatic carboxylic acids is 1. The fraction of sp³-hybridized carbons (Fsp3) is 0.778. The second kappa shape index (κ2) is 5.68. The zero-order valence-corrected chi connectivity index (χ0v) is 10.7. The molecule has 1 aliphatic rings. The van der Waals surface area contributed by atoms with Gasteiger partial charge in [0.1, 0.15) is 5.38 Å². The van der Waals surface area contributed by atoms with E-state index >= 15 is 0 Å². The topological polar surface area (TPSA) is 80.9 Å². The van der Waals surface area contributed by atoms with Gasteiger partial charge in [0.15, 0.2) is 0 Å². The van der Waals surface area contributed by atoms with E-state index < -0.39 is 11.3 Å². The molecular weight excluding hydrogens is 264 g/mol. The van der Waals surface area contributed by atoms with E-state index in [9.17, 15) is 4.79 Å². The van der Waals surface area contributed by atoms with Gasteiger partial charge in [-0.1, -0.05) is 24.6 Å². The minimum Gasteiger partial charge on any atom is -0.480 e. The Hall–Kier alpha value is -0.820. The molecule has 94 valence electrons. The van der Waals surface area contributed by atoms with Crippen LogP contribution in [0.5, 0.6) is 0 Å². The molecular formula is C9H13ClN4O2S. The number of rotatable bonds is 5. The van der Waals surface area contributed by atoms with Crippen molar-refractivity contribution in [2.75, 3.05) is 5.75 Å². The average molecular weight is 277 g/mol. The van der Waals surface area contributed by atoms with Crippen LogP contribution in [0.4, 0.5) is 0 Å². The highest BCUT2D eigenvalue weighted by Gasteiger charge is 2.23. The van der Waals surface area contributed by atoms with Crippen molar-refractivity contribution in [2.24, 2.45) is 0 Å². The minimum absolute atomic E-state index is 0.268. The van der Waals surface area contributed by atoms with Crippen LogP contribution < -0.4 is 0 Å². The molecule has 1 fully saturated rings. The summed E-state index contributed by atoms with van der Waals surface area (Å²) in [4.78, 5) is 10.6. The van der Waals surface area contributed by atoms with Gasteiger partial charge in [0.25, 0.3) is 0 Å². The predicted octanol–water partition coefficient (Wildman–Crippen LogP) is 1.57. The Labute approximate surface area is 108 Å². The van der Waals surface area contributed by atoms with Gasteiger partial charge in [-0.2, -0.15) is 0 Å². The summed E-state index contributed by atoms with van der Waals surface area (Å²) in [7, 11) is 0. The van der Waals surface area contributed by atoms with Crippen molar-refractivity contribution in [3.63, 3.8) is 0 Å². The van der Waals surface area contributed by atoms with Crippen molar-refractivity contribution in [3.05, 3.63) is 0 Å². The van der Waals surface area contributed by atoms with Crippen molar-refractivity contribution in [2.45, 2.75) is 42.3 Å². The van der Waals surface area contributed by atoms with Crippen LogP contribution in [0.15, 0.2) is 5.16 Å². The van der Waals surface area contributed by atoms with Gasteiger partial charge in [-0.15, -0.1) is 16.7 Å². The van der Waals surface area contributed by atoms with E-state index in [2.05, 4.69) is 15.5 Å². The fourth-order valence-electron chi connectivity index (χ4n) is 1.88. The Morgan fingerprint density at radius 2 is 2.29 bits per heavy atom. The van der Waals surface area contributed by atoms with Gasteiger partial charge in [-0.3, -0.25) is 4.79 Å². The Kier molecular flexibility index (Phi) is 4.22. The van der Waals surface area contributed by atoms with Crippen LogP contribution >= 0.6 is 23.4 Å². The lowest BCUT2D eigenvalue weighted by molar-refractivity contribution is -0.136. The number of hydrogen-bond donors (Lipinski definition) is 1. The first kappa shape index (κ1) is 12.6. The summed E-state index contributed by atoms with van der Waals surface area (Å²) in [6.45, 7) is 0. The summed E-state index contributed by atoms with van der Waals surface area (Å²) >= 11 is 6.94. The molecule has 1 aromatic heterocycles. The largest absolute Gasteiger partial charge is 0.480 e. The van der Waals surface area contributed by atoms with Gasteiger partial charge in [-0.25, -0.2) is 4.68 Å². The maximum absolute atomic E-state index is 10.6. The number of aromatic nitrogens is 4. The van der Waals surface area contributed by atoms with E-state index in [1.165, 1.54) is 24.6 Å². The first-order valence-corrected chi connectivity index (χ1v) is 6.88. The molecule has 0 amide bonds. The van der Waals surface area contributed by atoms with Crippen molar-refractivity contribution in [1.29, 1.82) is 0 Å². The first-order valence-electron chi connectivity index (χ1n) is 5.46. The molecule has 6 nitrogen and oxygen atoms in total. The third-order valence-corrected chi connectivity index (χ3v) is 4.31. The minimum atomic E-state index is -1.01. The summed E-state index contributed by atoms with van der Waals surface area (Å²) in [5.41, 5.74) is 0. The molecule has 1 aromatic rings. The molecule has 1 heterocycles. The van der Waals surface area contributed by atoms with Crippen molar-refractivity contribution in [1.82, 2.24) is 20.2 Å². The summed E-state index contributed by atoms with van der Waals surface area (Å²) < 4.78 is 1.79. The molecule has 0 radical (unpaired) electrons. The van der Waals surface area contributed by atoms with Crippen molar-refractivity contribution >= 4 is 29.3 Å².